The molecule has 10 rings (SSSR count). The molecule has 1 spiro atoms. The molecule has 1 aliphatic carbocycles. The van der Waals surface area contributed by atoms with Gasteiger partial charge in [0.2, 0.25) is 5.91 Å². The Kier molecular flexibility index (Phi) is 8.17. The third-order valence-electron chi connectivity index (χ3n) is 13.0. The molecule has 0 bridgehead atoms. The lowest BCUT2D eigenvalue weighted by atomic mass is 9.75. The van der Waals surface area contributed by atoms with E-state index in [1.165, 1.54) is 17.0 Å². The minimum atomic E-state index is -2.96. The highest BCUT2D eigenvalue weighted by Gasteiger charge is 2.64. The number of ether oxygens (including phenoxy) is 2. The number of alkyl halides is 3. The third kappa shape index (κ3) is 5.43. The van der Waals surface area contributed by atoms with Crippen LogP contribution < -0.4 is 20.1 Å². The Hall–Kier alpha value is -4.20. The topological polar surface area (TPSA) is 121 Å². The quantitative estimate of drug-likeness (QED) is 0.205. The summed E-state index contributed by atoms with van der Waals surface area (Å²) in [6, 6.07) is 4.30. The number of aromatic nitrogens is 2. The van der Waals surface area contributed by atoms with Gasteiger partial charge in [0.25, 0.3) is 5.92 Å². The Morgan fingerprint density at radius 1 is 1.12 bits per heavy atom. The van der Waals surface area contributed by atoms with Crippen molar-refractivity contribution in [3.05, 3.63) is 34.4 Å². The Bertz CT molecular complexity index is 2390. The van der Waals surface area contributed by atoms with Gasteiger partial charge >= 0.3 is 6.01 Å². The number of hydrogen-bond acceptors (Lipinski definition) is 10. The number of anilines is 2. The summed E-state index contributed by atoms with van der Waals surface area (Å²) in [6.07, 6.45) is 3.29. The average molecular weight is 814 g/mol. The predicted octanol–water partition coefficient (Wildman–Crippen LogP) is 7.48. The second kappa shape index (κ2) is 12.6. The molecule has 4 aromatic rings. The van der Waals surface area contributed by atoms with E-state index in [9.17, 15) is 23.2 Å². The fraction of sp³-hybridized carbons (Fsp3) is 0.538. The number of nitriles is 1. The van der Waals surface area contributed by atoms with E-state index >= 15 is 8.78 Å². The van der Waals surface area contributed by atoms with Crippen molar-refractivity contribution in [1.82, 2.24) is 19.8 Å². The van der Waals surface area contributed by atoms with Gasteiger partial charge in [0.15, 0.2) is 11.6 Å². The average Bonchev–Trinajstić information content (AvgIpc) is 3.32. The first-order valence-electron chi connectivity index (χ1n) is 19.0. The number of carbonyl (C=O) groups excluding carboxylic acids is 1. The summed E-state index contributed by atoms with van der Waals surface area (Å²) >= 11 is 8.04. The first-order chi connectivity index (χ1) is 26.8. The molecule has 4 atom stereocenters. The molecule has 2 unspecified atom stereocenters. The Morgan fingerprint density at radius 2 is 1.93 bits per heavy atom. The first-order valence-corrected chi connectivity index (χ1v) is 20.2. The largest absolute Gasteiger partial charge is 0.491 e. The van der Waals surface area contributed by atoms with Crippen molar-refractivity contribution in [3.8, 4) is 29.0 Å². The standard InChI is InChI=1S/C39H37ClF5N7O3S/c40-28-26(21-4-5-24(42)32-25(21)22(13-46)33(47)56-32)29(43)30-27-31(28)54-10-6-20-3-1-7-37(15-50(16-37)35(53)23-12-39(23,44)45)17-52(20)34(27)49-36(48-30)55-18-38-8-2-9-51(38)14-19(41)11-38/h4-5,19-20,23H,1-3,6-12,14-18,47H2/t19-,20?,23?,38+/m1/s1. The normalized spacial score (nSPS) is 27.6. The van der Waals surface area contributed by atoms with Crippen LogP contribution in [0.5, 0.6) is 11.8 Å². The van der Waals surface area contributed by atoms with Gasteiger partial charge in [-0.2, -0.15) is 15.2 Å². The summed E-state index contributed by atoms with van der Waals surface area (Å²) < 4.78 is 88.0. The molecule has 2 aromatic heterocycles. The lowest BCUT2D eigenvalue weighted by Crippen LogP contribution is -2.63. The first kappa shape index (κ1) is 36.2. The van der Waals surface area contributed by atoms with Gasteiger partial charge in [-0.25, -0.2) is 22.0 Å². The maximum atomic E-state index is 17.6. The van der Waals surface area contributed by atoms with Crippen LogP contribution in [0, 0.1) is 34.3 Å². The zero-order valence-electron chi connectivity index (χ0n) is 30.2. The summed E-state index contributed by atoms with van der Waals surface area (Å²) in [6.45, 7) is 2.35. The molecule has 5 fully saturated rings. The van der Waals surface area contributed by atoms with Gasteiger partial charge in [-0.05, 0) is 43.9 Å². The lowest BCUT2D eigenvalue weighted by molar-refractivity contribution is -0.147. The molecule has 1 saturated carbocycles. The van der Waals surface area contributed by atoms with E-state index in [4.69, 9.17) is 31.8 Å². The summed E-state index contributed by atoms with van der Waals surface area (Å²) in [7, 11) is 0. The van der Waals surface area contributed by atoms with E-state index in [2.05, 4.69) is 14.8 Å². The molecule has 10 nitrogen and oxygen atoms in total. The number of rotatable bonds is 5. The number of likely N-dealkylation sites (tertiary alicyclic amines) is 1. The van der Waals surface area contributed by atoms with Crippen LogP contribution in [-0.2, 0) is 4.79 Å². The Morgan fingerprint density at radius 3 is 2.70 bits per heavy atom. The highest BCUT2D eigenvalue weighted by Crippen LogP contribution is 2.54. The van der Waals surface area contributed by atoms with Crippen molar-refractivity contribution in [2.45, 2.75) is 75.0 Å². The molecule has 0 radical (unpaired) electrons. The highest BCUT2D eigenvalue weighted by molar-refractivity contribution is 7.23. The number of thiophene rings is 1. The summed E-state index contributed by atoms with van der Waals surface area (Å²) in [5, 5.41) is 10.3. The molecule has 2 aromatic carbocycles. The van der Waals surface area contributed by atoms with Gasteiger partial charge in [-0.1, -0.05) is 24.1 Å². The molecular weight excluding hydrogens is 777 g/mol. The monoisotopic (exact) mass is 813 g/mol. The third-order valence-corrected chi connectivity index (χ3v) is 14.4. The minimum Gasteiger partial charge on any atom is -0.491 e. The van der Waals surface area contributed by atoms with E-state index in [0.717, 1.165) is 50.0 Å². The van der Waals surface area contributed by atoms with Crippen molar-refractivity contribution in [1.29, 1.82) is 5.26 Å². The number of amides is 1. The number of fused-ring (bicyclic) bond motifs is 4. The molecule has 17 heteroatoms. The summed E-state index contributed by atoms with van der Waals surface area (Å²) in [5.41, 5.74) is 4.96. The van der Waals surface area contributed by atoms with Gasteiger partial charge in [0.1, 0.15) is 46.9 Å². The van der Waals surface area contributed by atoms with E-state index in [1.807, 2.05) is 6.07 Å². The highest BCUT2D eigenvalue weighted by atomic mass is 35.5. The van der Waals surface area contributed by atoms with Gasteiger partial charge in [0, 0.05) is 67.8 Å². The van der Waals surface area contributed by atoms with Crippen LogP contribution >= 0.6 is 22.9 Å². The molecule has 6 aliphatic rings. The van der Waals surface area contributed by atoms with Crippen LogP contribution in [0.1, 0.15) is 56.9 Å². The fourth-order valence-electron chi connectivity index (χ4n) is 10.2. The SMILES string of the molecule is N#Cc1c(N)sc2c(F)ccc(-c3c(Cl)c4c5c(nc(OC[C@@]67CCCN6C[C@H](F)C7)nc5c3F)N3CC5(CCCC3CCO4)CN(C(=O)C3CC3(F)F)C5)c12. The molecule has 4 saturated heterocycles. The summed E-state index contributed by atoms with van der Waals surface area (Å²) in [4.78, 5) is 28.3. The number of hydrogen-bond donors (Lipinski definition) is 1. The van der Waals surface area contributed by atoms with Crippen LogP contribution in [0.25, 0.3) is 32.1 Å². The van der Waals surface area contributed by atoms with Crippen molar-refractivity contribution >= 4 is 60.7 Å². The second-order valence-corrected chi connectivity index (χ2v) is 18.0. The lowest BCUT2D eigenvalue weighted by Gasteiger charge is -2.52. The van der Waals surface area contributed by atoms with Crippen LogP contribution in [0.4, 0.5) is 32.8 Å². The number of benzene rings is 2. The molecule has 7 heterocycles. The maximum Gasteiger partial charge on any atom is 0.319 e. The Balaban J connectivity index is 1.13. The molecule has 2 N–H and O–H groups in total. The van der Waals surface area contributed by atoms with Crippen molar-refractivity contribution in [3.63, 3.8) is 0 Å². The predicted molar refractivity (Wildman–Crippen MR) is 200 cm³/mol. The molecule has 1 amide bonds. The number of nitrogens with zero attached hydrogens (tertiary/aromatic N) is 6. The van der Waals surface area contributed by atoms with Gasteiger partial charge in [-0.3, -0.25) is 9.69 Å². The van der Waals surface area contributed by atoms with E-state index in [-0.39, 0.29) is 78.7 Å². The van der Waals surface area contributed by atoms with E-state index in [1.54, 1.807) is 0 Å². The van der Waals surface area contributed by atoms with Crippen LogP contribution in [0.15, 0.2) is 12.1 Å². The molecular formula is C39H37ClF5N7O3S. The number of nitrogen functional groups attached to an aromatic ring is 1. The fourth-order valence-corrected chi connectivity index (χ4v) is 11.5. The zero-order valence-corrected chi connectivity index (χ0v) is 31.7. The van der Waals surface area contributed by atoms with Crippen molar-refractivity contribution < 1.29 is 36.2 Å². The van der Waals surface area contributed by atoms with Gasteiger partial charge < -0.3 is 25.0 Å². The Labute approximate surface area is 327 Å². The smallest absolute Gasteiger partial charge is 0.319 e. The molecule has 56 heavy (non-hydrogen) atoms. The molecule has 5 aliphatic heterocycles. The van der Waals surface area contributed by atoms with E-state index in [0.29, 0.717) is 44.8 Å². The summed E-state index contributed by atoms with van der Waals surface area (Å²) in [5.74, 6) is -5.84. The number of carbonyl (C=O) groups is 1. The van der Waals surface area contributed by atoms with Crippen molar-refractivity contribution in [2.24, 2.45) is 11.3 Å². The van der Waals surface area contributed by atoms with E-state index < -0.39 is 52.9 Å². The van der Waals surface area contributed by atoms with Crippen molar-refractivity contribution in [2.75, 3.05) is 56.6 Å². The number of halogens is 6. The molecule has 294 valence electrons. The van der Waals surface area contributed by atoms with Gasteiger partial charge in [-0.15, -0.1) is 11.3 Å². The maximum absolute atomic E-state index is 17.6. The van der Waals surface area contributed by atoms with Crippen LogP contribution in [0.2, 0.25) is 5.02 Å². The second-order valence-electron chi connectivity index (χ2n) is 16.5. The number of nitrogens with two attached hydrogens (primary N) is 1. The van der Waals surface area contributed by atoms with Crippen LogP contribution in [0.3, 0.4) is 0 Å². The van der Waals surface area contributed by atoms with Crippen LogP contribution in [-0.4, -0.2) is 95.3 Å². The van der Waals surface area contributed by atoms with Gasteiger partial charge in [0.05, 0.1) is 32.8 Å². The minimum absolute atomic E-state index is 0.00899. The zero-order chi connectivity index (χ0) is 38.9.